The Morgan fingerprint density at radius 3 is 2.94 bits per heavy atom. The van der Waals surface area contributed by atoms with Gasteiger partial charge in [-0.05, 0) is 18.8 Å². The lowest BCUT2D eigenvalue weighted by Crippen LogP contribution is -2.07. The van der Waals surface area contributed by atoms with E-state index in [2.05, 4.69) is 4.98 Å². The van der Waals surface area contributed by atoms with E-state index in [1.807, 2.05) is 0 Å². The zero-order chi connectivity index (χ0) is 11.9. The van der Waals surface area contributed by atoms with Crippen LogP contribution in [0.1, 0.15) is 25.5 Å². The number of thiazole rings is 1. The van der Waals surface area contributed by atoms with Crippen molar-refractivity contribution in [1.82, 2.24) is 9.38 Å². The first-order valence-electron chi connectivity index (χ1n) is 4.62. The molecule has 0 N–H and O–H groups in total. The second-order valence-electron chi connectivity index (χ2n) is 3.47. The van der Waals surface area contributed by atoms with Gasteiger partial charge in [-0.25, -0.2) is 0 Å². The van der Waals surface area contributed by atoms with Gasteiger partial charge in [0.2, 0.25) is 0 Å². The Bertz CT molecular complexity index is 572. The van der Waals surface area contributed by atoms with Crippen molar-refractivity contribution in [3.8, 4) is 0 Å². The first-order valence-corrected chi connectivity index (χ1v) is 5.50. The molecular formula is C9H9N3O3S. The van der Waals surface area contributed by atoms with Crippen molar-refractivity contribution in [3.63, 3.8) is 0 Å². The number of carbonyl (C=O) groups is 1. The molecule has 0 aromatic carbocycles. The molecule has 0 aliphatic carbocycles. The zero-order valence-corrected chi connectivity index (χ0v) is 9.52. The second-order valence-corrected chi connectivity index (χ2v) is 4.34. The minimum atomic E-state index is -0.549. The van der Waals surface area contributed by atoms with Crippen LogP contribution in [0.25, 0.3) is 4.96 Å². The van der Waals surface area contributed by atoms with Crippen molar-refractivity contribution in [3.05, 3.63) is 27.4 Å². The Morgan fingerprint density at radius 1 is 1.69 bits per heavy atom. The number of carbonyl (C=O) groups excluding carboxylic acids is 1. The van der Waals surface area contributed by atoms with Crippen molar-refractivity contribution in [2.24, 2.45) is 0 Å². The highest BCUT2D eigenvalue weighted by Crippen LogP contribution is 2.29. The Hall–Kier alpha value is -1.76. The molecule has 2 aromatic heterocycles. The summed E-state index contributed by atoms with van der Waals surface area (Å²) in [5.41, 5.74) is 0.240. The van der Waals surface area contributed by atoms with Crippen molar-refractivity contribution in [2.75, 3.05) is 0 Å². The number of ketones is 1. The highest BCUT2D eigenvalue weighted by Gasteiger charge is 2.29. The maximum Gasteiger partial charge on any atom is 0.352 e. The molecule has 0 saturated carbocycles. The fourth-order valence-electron chi connectivity index (χ4n) is 1.46. The quantitative estimate of drug-likeness (QED) is 0.606. The van der Waals surface area contributed by atoms with E-state index in [4.69, 9.17) is 0 Å². The molecule has 7 heteroatoms. The molecule has 0 fully saturated rings. The first kappa shape index (κ1) is 10.7. The Kier molecular flexibility index (Phi) is 2.47. The Morgan fingerprint density at radius 2 is 2.38 bits per heavy atom. The molecule has 16 heavy (non-hydrogen) atoms. The van der Waals surface area contributed by atoms with Gasteiger partial charge in [-0.15, -0.1) is 0 Å². The van der Waals surface area contributed by atoms with Crippen LogP contribution in [-0.4, -0.2) is 20.1 Å². The van der Waals surface area contributed by atoms with Gasteiger partial charge in [0.25, 0.3) is 4.96 Å². The number of hydrogen-bond acceptors (Lipinski definition) is 5. The lowest BCUT2D eigenvalue weighted by Gasteiger charge is -2.03. The van der Waals surface area contributed by atoms with Gasteiger partial charge >= 0.3 is 5.82 Å². The van der Waals surface area contributed by atoms with Gasteiger partial charge in [0.1, 0.15) is 17.7 Å². The predicted molar refractivity (Wildman–Crippen MR) is 58.8 cm³/mol. The molecule has 0 radical (unpaired) electrons. The standard InChI is InChI=1S/C9H9N3O3S/c1-5(6(2)13)7-8(12(14)15)11-3-4-16-9(11)10-7/h3-5H,1-2H3. The summed E-state index contributed by atoms with van der Waals surface area (Å²) in [5, 5.41) is 12.7. The summed E-state index contributed by atoms with van der Waals surface area (Å²) in [7, 11) is 0. The Balaban J connectivity index is 2.68. The summed E-state index contributed by atoms with van der Waals surface area (Å²) in [6.45, 7) is 3.03. The average molecular weight is 239 g/mol. The average Bonchev–Trinajstić information content (AvgIpc) is 2.73. The van der Waals surface area contributed by atoms with Crippen LogP contribution >= 0.6 is 11.3 Å². The second kappa shape index (κ2) is 3.67. The van der Waals surface area contributed by atoms with Crippen molar-refractivity contribution in [1.29, 1.82) is 0 Å². The third-order valence-corrected chi connectivity index (χ3v) is 3.21. The molecule has 1 atom stereocenters. The topological polar surface area (TPSA) is 77.5 Å². The van der Waals surface area contributed by atoms with Crippen molar-refractivity contribution < 1.29 is 9.72 Å². The van der Waals surface area contributed by atoms with Crippen LogP contribution in [0.15, 0.2) is 11.6 Å². The number of nitro groups is 1. The molecule has 6 nitrogen and oxygen atoms in total. The molecule has 0 saturated heterocycles. The van der Waals surface area contributed by atoms with Crippen LogP contribution in [0, 0.1) is 10.1 Å². The number of Topliss-reactive ketones (excluding diaryl/α,β-unsaturated/α-hetero) is 1. The fourth-order valence-corrected chi connectivity index (χ4v) is 2.17. The van der Waals surface area contributed by atoms with Crippen LogP contribution < -0.4 is 0 Å². The van der Waals surface area contributed by atoms with Gasteiger partial charge in [0, 0.05) is 5.38 Å². The van der Waals surface area contributed by atoms with E-state index in [-0.39, 0.29) is 17.3 Å². The SMILES string of the molecule is CC(=O)C(C)c1nc2sccn2c1[N+](=O)[O-]. The number of hydrogen-bond donors (Lipinski definition) is 0. The fraction of sp³-hybridized carbons (Fsp3) is 0.333. The van der Waals surface area contributed by atoms with E-state index in [1.165, 1.54) is 22.7 Å². The maximum atomic E-state index is 11.2. The molecule has 84 valence electrons. The highest BCUT2D eigenvalue weighted by atomic mass is 32.1. The van der Waals surface area contributed by atoms with E-state index >= 15 is 0 Å². The van der Waals surface area contributed by atoms with Crippen LogP contribution in [0.5, 0.6) is 0 Å². The predicted octanol–water partition coefficient (Wildman–Crippen LogP) is 2.00. The van der Waals surface area contributed by atoms with Crippen LogP contribution in [0.2, 0.25) is 0 Å². The lowest BCUT2D eigenvalue weighted by atomic mass is 10.0. The van der Waals surface area contributed by atoms with Gasteiger partial charge in [-0.3, -0.25) is 4.79 Å². The van der Waals surface area contributed by atoms with E-state index in [1.54, 1.807) is 18.5 Å². The highest BCUT2D eigenvalue weighted by molar-refractivity contribution is 7.15. The number of nitrogens with zero attached hydrogens (tertiary/aromatic N) is 3. The zero-order valence-electron chi connectivity index (χ0n) is 8.71. The molecule has 0 bridgehead atoms. The molecule has 0 spiro atoms. The van der Waals surface area contributed by atoms with Crippen molar-refractivity contribution in [2.45, 2.75) is 19.8 Å². The van der Waals surface area contributed by atoms with Crippen LogP contribution in [-0.2, 0) is 4.79 Å². The summed E-state index contributed by atoms with van der Waals surface area (Å²) in [5.74, 6) is -0.791. The smallest absolute Gasteiger partial charge is 0.352 e. The number of aromatic nitrogens is 2. The molecule has 1 unspecified atom stereocenters. The third-order valence-electron chi connectivity index (χ3n) is 2.46. The number of fused-ring (bicyclic) bond motifs is 1. The number of rotatable bonds is 3. The lowest BCUT2D eigenvalue weighted by molar-refractivity contribution is -0.391. The minimum Gasteiger partial charge on any atom is -0.358 e. The molecule has 2 aromatic rings. The van der Waals surface area contributed by atoms with Crippen LogP contribution in [0.4, 0.5) is 5.82 Å². The summed E-state index contributed by atoms with van der Waals surface area (Å²) < 4.78 is 1.40. The molecule has 2 heterocycles. The largest absolute Gasteiger partial charge is 0.358 e. The molecular weight excluding hydrogens is 230 g/mol. The van der Waals surface area contributed by atoms with E-state index < -0.39 is 10.8 Å². The number of imidazole rings is 1. The monoisotopic (exact) mass is 239 g/mol. The molecule has 2 rings (SSSR count). The normalized spacial score (nSPS) is 12.9. The summed E-state index contributed by atoms with van der Waals surface area (Å²) in [6, 6.07) is 0. The first-order chi connectivity index (χ1) is 7.52. The van der Waals surface area contributed by atoms with Gasteiger partial charge in [0.15, 0.2) is 0 Å². The van der Waals surface area contributed by atoms with Gasteiger partial charge in [-0.1, -0.05) is 11.3 Å². The summed E-state index contributed by atoms with van der Waals surface area (Å²) in [6.07, 6.45) is 1.58. The molecule has 0 aliphatic heterocycles. The van der Waals surface area contributed by atoms with E-state index in [0.29, 0.717) is 4.96 Å². The van der Waals surface area contributed by atoms with E-state index in [9.17, 15) is 14.9 Å². The molecule has 0 amide bonds. The minimum absolute atomic E-state index is 0.112. The van der Waals surface area contributed by atoms with Gasteiger partial charge in [-0.2, -0.15) is 9.38 Å². The Labute approximate surface area is 94.7 Å². The van der Waals surface area contributed by atoms with Crippen LogP contribution in [0.3, 0.4) is 0 Å². The third kappa shape index (κ3) is 1.49. The van der Waals surface area contributed by atoms with E-state index in [0.717, 1.165) is 0 Å². The van der Waals surface area contributed by atoms with Gasteiger partial charge < -0.3 is 10.1 Å². The summed E-state index contributed by atoms with van der Waals surface area (Å²) in [4.78, 5) is 26.4. The van der Waals surface area contributed by atoms with Crippen molar-refractivity contribution >= 4 is 27.9 Å². The van der Waals surface area contributed by atoms with Gasteiger partial charge in [0.05, 0.1) is 5.92 Å². The molecule has 0 aliphatic rings. The summed E-state index contributed by atoms with van der Waals surface area (Å²) >= 11 is 1.30. The maximum absolute atomic E-state index is 11.2.